The molecule has 0 saturated carbocycles. The lowest BCUT2D eigenvalue weighted by Gasteiger charge is -2.05. The van der Waals surface area contributed by atoms with Crippen LogP contribution in [0.3, 0.4) is 0 Å². The lowest BCUT2D eigenvalue weighted by Crippen LogP contribution is -2.12. The Hall–Kier alpha value is -0.240. The molecule has 1 aliphatic heterocycles. The third kappa shape index (κ3) is 3.02. The number of thioether (sulfide) groups is 1. The quantitative estimate of drug-likeness (QED) is 0.483. The zero-order valence-electron chi connectivity index (χ0n) is 7.42. The van der Waals surface area contributed by atoms with E-state index < -0.39 is 0 Å². The van der Waals surface area contributed by atoms with Gasteiger partial charge in [0.15, 0.2) is 0 Å². The zero-order chi connectivity index (χ0) is 8.81. The van der Waals surface area contributed by atoms with Crippen LogP contribution < -0.4 is 0 Å². The van der Waals surface area contributed by atoms with E-state index in [-0.39, 0.29) is 0 Å². The van der Waals surface area contributed by atoms with Crippen molar-refractivity contribution in [3.8, 4) is 0 Å². The molecule has 1 saturated heterocycles. The van der Waals surface area contributed by atoms with Crippen LogP contribution in [-0.2, 0) is 4.79 Å². The summed E-state index contributed by atoms with van der Waals surface area (Å²) in [6, 6.07) is 0. The summed E-state index contributed by atoms with van der Waals surface area (Å²) in [6.45, 7) is 3.64. The summed E-state index contributed by atoms with van der Waals surface area (Å²) in [7, 11) is 0. The SMILES string of the molecule is C=CCCCC(=O)C1CCCS1. The van der Waals surface area contributed by atoms with Crippen molar-refractivity contribution in [2.75, 3.05) is 5.75 Å². The molecule has 68 valence electrons. The number of Topliss-reactive ketones (excluding diaryl/α,β-unsaturated/α-hetero) is 1. The minimum absolute atomic E-state index is 0.329. The Morgan fingerprint density at radius 2 is 2.50 bits per heavy atom. The number of unbranched alkanes of at least 4 members (excludes halogenated alkanes) is 1. The van der Waals surface area contributed by atoms with Gasteiger partial charge in [-0.25, -0.2) is 0 Å². The van der Waals surface area contributed by atoms with E-state index in [1.54, 1.807) is 0 Å². The van der Waals surface area contributed by atoms with Crippen LogP contribution in [0.4, 0.5) is 0 Å². The Morgan fingerprint density at radius 3 is 3.08 bits per heavy atom. The van der Waals surface area contributed by atoms with Gasteiger partial charge in [-0.15, -0.1) is 6.58 Å². The van der Waals surface area contributed by atoms with Crippen molar-refractivity contribution in [3.05, 3.63) is 12.7 Å². The van der Waals surface area contributed by atoms with Gasteiger partial charge in [-0.05, 0) is 31.4 Å². The lowest BCUT2D eigenvalue weighted by atomic mass is 10.1. The third-order valence-corrected chi connectivity index (χ3v) is 3.55. The largest absolute Gasteiger partial charge is 0.298 e. The number of ketones is 1. The highest BCUT2D eigenvalue weighted by molar-refractivity contribution is 8.00. The molecule has 0 aromatic heterocycles. The summed E-state index contributed by atoms with van der Waals surface area (Å²) in [5.74, 6) is 1.64. The molecular weight excluding hydrogens is 168 g/mol. The summed E-state index contributed by atoms with van der Waals surface area (Å²) in [5.41, 5.74) is 0. The highest BCUT2D eigenvalue weighted by Gasteiger charge is 2.22. The van der Waals surface area contributed by atoms with E-state index in [0.717, 1.165) is 25.7 Å². The summed E-state index contributed by atoms with van der Waals surface area (Å²) >= 11 is 1.83. The van der Waals surface area contributed by atoms with Gasteiger partial charge in [0.2, 0.25) is 0 Å². The molecule has 1 unspecified atom stereocenters. The molecule has 0 spiro atoms. The number of rotatable bonds is 5. The van der Waals surface area contributed by atoms with Crippen LogP contribution in [0.5, 0.6) is 0 Å². The number of carbonyl (C=O) groups excluding carboxylic acids is 1. The first kappa shape index (κ1) is 9.85. The van der Waals surface area contributed by atoms with Gasteiger partial charge in [-0.2, -0.15) is 11.8 Å². The molecule has 0 aliphatic carbocycles. The maximum atomic E-state index is 11.5. The maximum absolute atomic E-state index is 11.5. The summed E-state index contributed by atoms with van der Waals surface area (Å²) in [6.07, 6.45) is 6.93. The molecule has 1 aliphatic rings. The highest BCUT2D eigenvalue weighted by Crippen LogP contribution is 2.27. The van der Waals surface area contributed by atoms with Crippen molar-refractivity contribution in [1.82, 2.24) is 0 Å². The van der Waals surface area contributed by atoms with Crippen LogP contribution in [0, 0.1) is 0 Å². The van der Waals surface area contributed by atoms with Gasteiger partial charge in [-0.1, -0.05) is 6.08 Å². The van der Waals surface area contributed by atoms with Gasteiger partial charge in [0.05, 0.1) is 5.25 Å². The summed E-state index contributed by atoms with van der Waals surface area (Å²) in [4.78, 5) is 11.5. The van der Waals surface area contributed by atoms with Gasteiger partial charge >= 0.3 is 0 Å². The van der Waals surface area contributed by atoms with Crippen molar-refractivity contribution in [2.45, 2.75) is 37.4 Å². The molecular formula is C10H16OS. The fraction of sp³-hybridized carbons (Fsp3) is 0.700. The highest BCUT2D eigenvalue weighted by atomic mass is 32.2. The van der Waals surface area contributed by atoms with Crippen LogP contribution in [0.1, 0.15) is 32.1 Å². The molecule has 0 amide bonds. The molecule has 0 aromatic rings. The fourth-order valence-electron chi connectivity index (χ4n) is 1.41. The van der Waals surface area contributed by atoms with Crippen molar-refractivity contribution in [3.63, 3.8) is 0 Å². The first-order valence-corrected chi connectivity index (χ1v) is 5.64. The van der Waals surface area contributed by atoms with Gasteiger partial charge in [-0.3, -0.25) is 4.79 Å². The van der Waals surface area contributed by atoms with Gasteiger partial charge < -0.3 is 0 Å². The fourth-order valence-corrected chi connectivity index (χ4v) is 2.67. The standard InChI is InChI=1S/C10H16OS/c1-2-3-4-6-9(11)10-7-5-8-12-10/h2,10H,1,3-8H2. The Labute approximate surface area is 78.6 Å². The Bertz CT molecular complexity index is 159. The minimum atomic E-state index is 0.329. The molecule has 1 rings (SSSR count). The maximum Gasteiger partial charge on any atom is 0.145 e. The van der Waals surface area contributed by atoms with Crippen LogP contribution in [0.25, 0.3) is 0 Å². The van der Waals surface area contributed by atoms with E-state index in [9.17, 15) is 4.79 Å². The summed E-state index contributed by atoms with van der Waals surface area (Å²) in [5, 5.41) is 0.329. The van der Waals surface area contributed by atoms with Crippen molar-refractivity contribution in [1.29, 1.82) is 0 Å². The van der Waals surface area contributed by atoms with E-state index in [1.807, 2.05) is 17.8 Å². The number of allylic oxidation sites excluding steroid dienone is 1. The molecule has 0 bridgehead atoms. The predicted octanol–water partition coefficient (Wildman–Crippen LogP) is 2.81. The van der Waals surface area contributed by atoms with Crippen LogP contribution >= 0.6 is 11.8 Å². The number of carbonyl (C=O) groups is 1. The zero-order valence-corrected chi connectivity index (χ0v) is 8.24. The monoisotopic (exact) mass is 184 g/mol. The molecule has 0 radical (unpaired) electrons. The molecule has 0 aromatic carbocycles. The van der Waals surface area contributed by atoms with E-state index in [1.165, 1.54) is 12.2 Å². The third-order valence-electron chi connectivity index (χ3n) is 2.12. The Morgan fingerprint density at radius 1 is 1.67 bits per heavy atom. The summed E-state index contributed by atoms with van der Waals surface area (Å²) < 4.78 is 0. The molecule has 12 heavy (non-hydrogen) atoms. The van der Waals surface area contributed by atoms with Gasteiger partial charge in [0.1, 0.15) is 5.78 Å². The molecule has 1 nitrogen and oxygen atoms in total. The predicted molar refractivity (Wildman–Crippen MR) is 54.5 cm³/mol. The number of hydrogen-bond acceptors (Lipinski definition) is 2. The second-order valence-electron chi connectivity index (χ2n) is 3.15. The normalized spacial score (nSPS) is 22.5. The van der Waals surface area contributed by atoms with Crippen molar-refractivity contribution in [2.24, 2.45) is 0 Å². The van der Waals surface area contributed by atoms with Crippen molar-refractivity contribution < 1.29 is 4.79 Å². The van der Waals surface area contributed by atoms with Gasteiger partial charge in [0, 0.05) is 6.42 Å². The minimum Gasteiger partial charge on any atom is -0.298 e. The Kier molecular flexibility index (Phi) is 4.44. The topological polar surface area (TPSA) is 17.1 Å². The van der Waals surface area contributed by atoms with Crippen LogP contribution in [0.15, 0.2) is 12.7 Å². The van der Waals surface area contributed by atoms with E-state index >= 15 is 0 Å². The molecule has 0 N–H and O–H groups in total. The van der Waals surface area contributed by atoms with E-state index in [4.69, 9.17) is 0 Å². The van der Waals surface area contributed by atoms with Gasteiger partial charge in [0.25, 0.3) is 0 Å². The van der Waals surface area contributed by atoms with E-state index in [2.05, 4.69) is 6.58 Å². The van der Waals surface area contributed by atoms with Crippen molar-refractivity contribution >= 4 is 17.5 Å². The van der Waals surface area contributed by atoms with Crippen LogP contribution in [-0.4, -0.2) is 16.8 Å². The first-order valence-electron chi connectivity index (χ1n) is 4.60. The lowest BCUT2D eigenvalue weighted by molar-refractivity contribution is -0.118. The average molecular weight is 184 g/mol. The molecule has 1 heterocycles. The molecule has 1 atom stereocenters. The second-order valence-corrected chi connectivity index (χ2v) is 4.46. The van der Waals surface area contributed by atoms with Crippen LogP contribution in [0.2, 0.25) is 0 Å². The molecule has 2 heteroatoms. The first-order chi connectivity index (χ1) is 5.84. The Balaban J connectivity index is 2.14. The smallest absolute Gasteiger partial charge is 0.145 e. The molecule has 1 fully saturated rings. The number of hydrogen-bond donors (Lipinski definition) is 0. The average Bonchev–Trinajstić information content (AvgIpc) is 2.56. The second kappa shape index (κ2) is 5.41. The van der Waals surface area contributed by atoms with E-state index in [0.29, 0.717) is 11.0 Å².